The fourth-order valence-corrected chi connectivity index (χ4v) is 1.81. The monoisotopic (exact) mass is 229 g/mol. The predicted octanol–water partition coefficient (Wildman–Crippen LogP) is 2.75. The van der Waals surface area contributed by atoms with Crippen molar-refractivity contribution >= 4 is 22.4 Å². The number of carboxylic acids is 1. The summed E-state index contributed by atoms with van der Waals surface area (Å²) in [7, 11) is 1.91. The van der Waals surface area contributed by atoms with Crippen molar-refractivity contribution in [2.75, 3.05) is 18.5 Å². The molecule has 0 heterocycles. The molecule has 0 fully saturated rings. The van der Waals surface area contributed by atoms with Gasteiger partial charge in [-0.1, -0.05) is 30.3 Å². The van der Waals surface area contributed by atoms with Crippen molar-refractivity contribution in [1.29, 1.82) is 0 Å². The lowest BCUT2D eigenvalue weighted by atomic mass is 10.1. The van der Waals surface area contributed by atoms with Crippen LogP contribution in [-0.4, -0.2) is 24.7 Å². The fourth-order valence-electron chi connectivity index (χ4n) is 1.81. The van der Waals surface area contributed by atoms with Gasteiger partial charge in [0.25, 0.3) is 0 Å². The molecule has 3 nitrogen and oxygen atoms in total. The Hall–Kier alpha value is -2.03. The Morgan fingerprint density at radius 3 is 2.59 bits per heavy atom. The van der Waals surface area contributed by atoms with Gasteiger partial charge in [-0.3, -0.25) is 4.79 Å². The predicted molar refractivity (Wildman–Crippen MR) is 69.5 cm³/mol. The van der Waals surface area contributed by atoms with E-state index in [4.69, 9.17) is 5.11 Å². The van der Waals surface area contributed by atoms with Gasteiger partial charge < -0.3 is 10.0 Å². The molecule has 3 heteroatoms. The largest absolute Gasteiger partial charge is 0.481 e. The molecular formula is C14H15NO2. The Bertz CT molecular complexity index is 536. The molecule has 0 aliphatic carbocycles. The van der Waals surface area contributed by atoms with Gasteiger partial charge in [0, 0.05) is 19.3 Å². The van der Waals surface area contributed by atoms with Gasteiger partial charge in [-0.25, -0.2) is 0 Å². The molecular weight excluding hydrogens is 214 g/mol. The molecule has 0 bridgehead atoms. The first-order chi connectivity index (χ1) is 8.16. The third kappa shape index (κ3) is 2.75. The second-order valence-electron chi connectivity index (χ2n) is 4.10. The smallest absolute Gasteiger partial charge is 0.305 e. The number of hydrogen-bond donors (Lipinski definition) is 1. The molecule has 0 aromatic heterocycles. The van der Waals surface area contributed by atoms with Gasteiger partial charge in [0.2, 0.25) is 0 Å². The number of rotatable bonds is 4. The normalized spacial score (nSPS) is 10.4. The summed E-state index contributed by atoms with van der Waals surface area (Å²) in [5, 5.41) is 11.0. The Kier molecular flexibility index (Phi) is 3.28. The van der Waals surface area contributed by atoms with Crippen LogP contribution < -0.4 is 4.90 Å². The quantitative estimate of drug-likeness (QED) is 0.876. The van der Waals surface area contributed by atoms with E-state index < -0.39 is 5.97 Å². The molecule has 2 aromatic rings. The van der Waals surface area contributed by atoms with E-state index in [0.717, 1.165) is 5.69 Å². The summed E-state index contributed by atoms with van der Waals surface area (Å²) in [6.45, 7) is 0.522. The van der Waals surface area contributed by atoms with Crippen LogP contribution in [0.2, 0.25) is 0 Å². The summed E-state index contributed by atoms with van der Waals surface area (Å²) >= 11 is 0. The summed E-state index contributed by atoms with van der Waals surface area (Å²) in [5.74, 6) is -0.766. The van der Waals surface area contributed by atoms with Crippen molar-refractivity contribution in [2.24, 2.45) is 0 Å². The lowest BCUT2D eigenvalue weighted by Gasteiger charge is -2.18. The number of fused-ring (bicyclic) bond motifs is 1. The maximum atomic E-state index is 10.5. The first-order valence-electron chi connectivity index (χ1n) is 5.58. The van der Waals surface area contributed by atoms with Gasteiger partial charge in [0.1, 0.15) is 0 Å². The van der Waals surface area contributed by atoms with Crippen molar-refractivity contribution in [3.8, 4) is 0 Å². The lowest BCUT2D eigenvalue weighted by Crippen LogP contribution is -2.20. The Labute approximate surface area is 100 Å². The molecule has 2 rings (SSSR count). The van der Waals surface area contributed by atoms with Gasteiger partial charge in [-0.05, 0) is 22.9 Å². The van der Waals surface area contributed by atoms with Crippen LogP contribution >= 0.6 is 0 Å². The minimum atomic E-state index is -0.766. The molecule has 17 heavy (non-hydrogen) atoms. The number of nitrogens with zero attached hydrogens (tertiary/aromatic N) is 1. The Morgan fingerprint density at radius 2 is 1.88 bits per heavy atom. The maximum absolute atomic E-state index is 10.5. The van der Waals surface area contributed by atoms with Gasteiger partial charge in [-0.2, -0.15) is 0 Å². The molecule has 88 valence electrons. The van der Waals surface area contributed by atoms with Gasteiger partial charge >= 0.3 is 5.97 Å². The van der Waals surface area contributed by atoms with Crippen LogP contribution in [0.15, 0.2) is 42.5 Å². The van der Waals surface area contributed by atoms with E-state index in [1.165, 1.54) is 10.8 Å². The zero-order valence-electron chi connectivity index (χ0n) is 9.76. The van der Waals surface area contributed by atoms with E-state index in [1.807, 2.05) is 30.1 Å². The highest BCUT2D eigenvalue weighted by Gasteiger charge is 2.04. The summed E-state index contributed by atoms with van der Waals surface area (Å²) < 4.78 is 0. The topological polar surface area (TPSA) is 40.5 Å². The van der Waals surface area contributed by atoms with Crippen LogP contribution in [0.3, 0.4) is 0 Å². The fraction of sp³-hybridized carbons (Fsp3) is 0.214. The number of carboxylic acid groups (broad SMARTS) is 1. The van der Waals surface area contributed by atoms with Crippen LogP contribution in [-0.2, 0) is 4.79 Å². The molecule has 2 aromatic carbocycles. The summed E-state index contributed by atoms with van der Waals surface area (Å²) in [4.78, 5) is 12.5. The van der Waals surface area contributed by atoms with Crippen molar-refractivity contribution in [1.82, 2.24) is 0 Å². The second kappa shape index (κ2) is 4.87. The van der Waals surface area contributed by atoms with Gasteiger partial charge in [0.05, 0.1) is 6.42 Å². The molecule has 0 saturated heterocycles. The average Bonchev–Trinajstić information content (AvgIpc) is 2.35. The standard InChI is InChI=1S/C14H15NO2/c1-15(9-8-14(16)17)13-7-6-11-4-2-3-5-12(11)10-13/h2-7,10H,8-9H2,1H3,(H,16,17). The van der Waals surface area contributed by atoms with E-state index in [1.54, 1.807) is 0 Å². The molecule has 0 radical (unpaired) electrons. The van der Waals surface area contributed by atoms with Crippen LogP contribution in [0.5, 0.6) is 0 Å². The number of aliphatic carboxylic acids is 1. The number of anilines is 1. The first kappa shape index (κ1) is 11.5. The zero-order chi connectivity index (χ0) is 12.3. The van der Waals surface area contributed by atoms with Crippen molar-refractivity contribution in [2.45, 2.75) is 6.42 Å². The second-order valence-corrected chi connectivity index (χ2v) is 4.10. The SMILES string of the molecule is CN(CCC(=O)O)c1ccc2ccccc2c1. The number of benzene rings is 2. The highest BCUT2D eigenvalue weighted by molar-refractivity contribution is 5.85. The highest BCUT2D eigenvalue weighted by atomic mass is 16.4. The van der Waals surface area contributed by atoms with Crippen LogP contribution in [0, 0.1) is 0 Å². The summed E-state index contributed by atoms with van der Waals surface area (Å²) in [6, 6.07) is 14.3. The molecule has 0 aliphatic heterocycles. The molecule has 0 saturated carbocycles. The van der Waals surface area contributed by atoms with Crippen LogP contribution in [0.1, 0.15) is 6.42 Å². The van der Waals surface area contributed by atoms with E-state index in [9.17, 15) is 4.79 Å². The molecule has 0 spiro atoms. The van der Waals surface area contributed by atoms with Crippen LogP contribution in [0.25, 0.3) is 10.8 Å². The molecule has 1 N–H and O–H groups in total. The van der Waals surface area contributed by atoms with E-state index in [-0.39, 0.29) is 6.42 Å². The Balaban J connectivity index is 2.20. The van der Waals surface area contributed by atoms with Crippen LogP contribution in [0.4, 0.5) is 5.69 Å². The highest BCUT2D eigenvalue weighted by Crippen LogP contribution is 2.21. The zero-order valence-corrected chi connectivity index (χ0v) is 9.76. The first-order valence-corrected chi connectivity index (χ1v) is 5.58. The minimum Gasteiger partial charge on any atom is -0.481 e. The Morgan fingerprint density at radius 1 is 1.18 bits per heavy atom. The van der Waals surface area contributed by atoms with E-state index in [2.05, 4.69) is 24.3 Å². The molecule has 0 unspecified atom stereocenters. The maximum Gasteiger partial charge on any atom is 0.305 e. The molecule has 0 atom stereocenters. The minimum absolute atomic E-state index is 0.156. The van der Waals surface area contributed by atoms with Gasteiger partial charge in [-0.15, -0.1) is 0 Å². The third-order valence-electron chi connectivity index (χ3n) is 2.83. The third-order valence-corrected chi connectivity index (χ3v) is 2.83. The molecule has 0 aliphatic rings. The number of hydrogen-bond acceptors (Lipinski definition) is 2. The molecule has 0 amide bonds. The van der Waals surface area contributed by atoms with Crippen molar-refractivity contribution in [3.05, 3.63) is 42.5 Å². The lowest BCUT2D eigenvalue weighted by molar-refractivity contribution is -0.136. The number of carbonyl (C=O) groups is 1. The van der Waals surface area contributed by atoms with E-state index in [0.29, 0.717) is 6.54 Å². The van der Waals surface area contributed by atoms with Crippen molar-refractivity contribution < 1.29 is 9.90 Å². The average molecular weight is 229 g/mol. The van der Waals surface area contributed by atoms with Crippen molar-refractivity contribution in [3.63, 3.8) is 0 Å². The van der Waals surface area contributed by atoms with E-state index >= 15 is 0 Å². The summed E-state index contributed by atoms with van der Waals surface area (Å²) in [5.41, 5.74) is 1.05. The van der Waals surface area contributed by atoms with Gasteiger partial charge in [0.15, 0.2) is 0 Å². The summed E-state index contributed by atoms with van der Waals surface area (Å²) in [6.07, 6.45) is 0.156.